The van der Waals surface area contributed by atoms with Crippen molar-refractivity contribution in [1.82, 2.24) is 9.80 Å². The molecule has 0 spiro atoms. The van der Waals surface area contributed by atoms with E-state index >= 15 is 0 Å². The van der Waals surface area contributed by atoms with Crippen molar-refractivity contribution < 1.29 is 14.6 Å². The fourth-order valence-electron chi connectivity index (χ4n) is 2.80. The standard InChI is InChI=1S/C19H19N3O3/c20-13-15-4-6-17(7-5-15)25-18-3-1-2-16(12-18)14-21-8-10-22(11-9-21)19(23)24/h1-7,12H,8-11,14H2,(H,23,24). The molecule has 0 aromatic heterocycles. The molecule has 1 amide bonds. The Bertz CT molecular complexity index is 775. The second kappa shape index (κ2) is 7.69. The molecule has 2 aromatic carbocycles. The molecule has 6 nitrogen and oxygen atoms in total. The highest BCUT2D eigenvalue weighted by atomic mass is 16.5. The van der Waals surface area contributed by atoms with Gasteiger partial charge in [-0.2, -0.15) is 5.26 Å². The van der Waals surface area contributed by atoms with Gasteiger partial charge in [0.25, 0.3) is 0 Å². The predicted octanol–water partition coefficient (Wildman–Crippen LogP) is 3.15. The fourth-order valence-corrected chi connectivity index (χ4v) is 2.80. The van der Waals surface area contributed by atoms with Gasteiger partial charge in [-0.25, -0.2) is 4.79 Å². The molecule has 0 aliphatic carbocycles. The van der Waals surface area contributed by atoms with Crippen molar-refractivity contribution in [3.8, 4) is 17.6 Å². The minimum absolute atomic E-state index is 0.538. The van der Waals surface area contributed by atoms with E-state index in [0.717, 1.165) is 30.9 Å². The number of nitriles is 1. The lowest BCUT2D eigenvalue weighted by Crippen LogP contribution is -2.47. The molecule has 1 heterocycles. The van der Waals surface area contributed by atoms with Crippen LogP contribution in [0.1, 0.15) is 11.1 Å². The summed E-state index contributed by atoms with van der Waals surface area (Å²) in [6, 6.07) is 16.9. The zero-order chi connectivity index (χ0) is 17.6. The lowest BCUT2D eigenvalue weighted by molar-refractivity contribution is 0.103. The summed E-state index contributed by atoms with van der Waals surface area (Å²) in [5.74, 6) is 1.43. The zero-order valence-electron chi connectivity index (χ0n) is 13.8. The first-order chi connectivity index (χ1) is 12.1. The van der Waals surface area contributed by atoms with Crippen molar-refractivity contribution in [2.24, 2.45) is 0 Å². The van der Waals surface area contributed by atoms with Gasteiger partial charge in [-0.1, -0.05) is 12.1 Å². The van der Waals surface area contributed by atoms with Crippen LogP contribution in [-0.2, 0) is 6.54 Å². The molecule has 128 valence electrons. The molecular formula is C19H19N3O3. The number of hydrogen-bond donors (Lipinski definition) is 1. The Hall–Kier alpha value is -3.04. The third kappa shape index (κ3) is 4.49. The quantitative estimate of drug-likeness (QED) is 0.927. The van der Waals surface area contributed by atoms with Crippen LogP contribution in [0.3, 0.4) is 0 Å². The van der Waals surface area contributed by atoms with Gasteiger partial charge in [0.05, 0.1) is 11.6 Å². The number of benzene rings is 2. The van der Waals surface area contributed by atoms with Crippen LogP contribution >= 0.6 is 0 Å². The van der Waals surface area contributed by atoms with Crippen molar-refractivity contribution in [2.45, 2.75) is 6.54 Å². The van der Waals surface area contributed by atoms with E-state index in [0.29, 0.717) is 24.4 Å². The first kappa shape index (κ1) is 16.8. The number of hydrogen-bond acceptors (Lipinski definition) is 4. The number of nitrogens with zero attached hydrogens (tertiary/aromatic N) is 3. The SMILES string of the molecule is N#Cc1ccc(Oc2cccc(CN3CCN(C(=O)O)CC3)c2)cc1. The molecule has 25 heavy (non-hydrogen) atoms. The Morgan fingerprint density at radius 2 is 1.80 bits per heavy atom. The van der Waals surface area contributed by atoms with E-state index in [1.54, 1.807) is 24.3 Å². The average Bonchev–Trinajstić information content (AvgIpc) is 2.63. The summed E-state index contributed by atoms with van der Waals surface area (Å²) in [7, 11) is 0. The second-order valence-electron chi connectivity index (χ2n) is 5.93. The summed E-state index contributed by atoms with van der Waals surface area (Å²) in [4.78, 5) is 14.6. The minimum atomic E-state index is -0.850. The Balaban J connectivity index is 1.60. The first-order valence-electron chi connectivity index (χ1n) is 8.11. The van der Waals surface area contributed by atoms with Gasteiger partial charge in [0, 0.05) is 32.7 Å². The Morgan fingerprint density at radius 1 is 1.08 bits per heavy atom. The van der Waals surface area contributed by atoms with Gasteiger partial charge < -0.3 is 14.7 Å². The van der Waals surface area contributed by atoms with Gasteiger partial charge in [-0.3, -0.25) is 4.90 Å². The van der Waals surface area contributed by atoms with Gasteiger partial charge in [0.15, 0.2) is 0 Å². The van der Waals surface area contributed by atoms with Gasteiger partial charge in [-0.15, -0.1) is 0 Å². The highest BCUT2D eigenvalue weighted by Crippen LogP contribution is 2.23. The normalized spacial score (nSPS) is 14.8. The van der Waals surface area contributed by atoms with Gasteiger partial charge in [-0.05, 0) is 42.0 Å². The van der Waals surface area contributed by atoms with Gasteiger partial charge >= 0.3 is 6.09 Å². The molecule has 0 saturated carbocycles. The van der Waals surface area contributed by atoms with Crippen LogP contribution in [0.15, 0.2) is 48.5 Å². The molecule has 6 heteroatoms. The van der Waals surface area contributed by atoms with E-state index in [9.17, 15) is 4.79 Å². The predicted molar refractivity (Wildman–Crippen MR) is 92.5 cm³/mol. The summed E-state index contributed by atoms with van der Waals surface area (Å²) in [5, 5.41) is 17.8. The maximum absolute atomic E-state index is 11.0. The molecule has 1 fully saturated rings. The smallest absolute Gasteiger partial charge is 0.407 e. The lowest BCUT2D eigenvalue weighted by Gasteiger charge is -2.33. The zero-order valence-corrected chi connectivity index (χ0v) is 13.8. The van der Waals surface area contributed by atoms with Gasteiger partial charge in [0.1, 0.15) is 11.5 Å². The summed E-state index contributed by atoms with van der Waals surface area (Å²) < 4.78 is 5.84. The highest BCUT2D eigenvalue weighted by Gasteiger charge is 2.20. The molecule has 1 aliphatic heterocycles. The van der Waals surface area contributed by atoms with Crippen molar-refractivity contribution in [3.63, 3.8) is 0 Å². The van der Waals surface area contributed by atoms with Gasteiger partial charge in [0.2, 0.25) is 0 Å². The maximum Gasteiger partial charge on any atom is 0.407 e. The molecule has 1 saturated heterocycles. The molecule has 0 unspecified atom stereocenters. The van der Waals surface area contributed by atoms with E-state index in [1.807, 2.05) is 24.3 Å². The highest BCUT2D eigenvalue weighted by molar-refractivity contribution is 5.65. The number of ether oxygens (including phenoxy) is 1. The summed E-state index contributed by atoms with van der Waals surface area (Å²) in [6.07, 6.45) is -0.850. The third-order valence-corrected chi connectivity index (χ3v) is 4.17. The molecular weight excluding hydrogens is 318 g/mol. The number of amides is 1. The van der Waals surface area contributed by atoms with Crippen LogP contribution in [0.2, 0.25) is 0 Å². The van der Waals surface area contributed by atoms with Crippen LogP contribution in [-0.4, -0.2) is 47.2 Å². The van der Waals surface area contributed by atoms with Crippen molar-refractivity contribution in [1.29, 1.82) is 5.26 Å². The lowest BCUT2D eigenvalue weighted by atomic mass is 10.2. The second-order valence-corrected chi connectivity index (χ2v) is 5.93. The average molecular weight is 337 g/mol. The van der Waals surface area contributed by atoms with Crippen LogP contribution < -0.4 is 4.74 Å². The molecule has 0 atom stereocenters. The summed E-state index contributed by atoms with van der Waals surface area (Å²) in [6.45, 7) is 3.30. The van der Waals surface area contributed by atoms with E-state index in [1.165, 1.54) is 4.90 Å². The Kier molecular flexibility index (Phi) is 5.17. The molecule has 1 aliphatic rings. The molecule has 1 N–H and O–H groups in total. The maximum atomic E-state index is 11.0. The van der Waals surface area contributed by atoms with E-state index in [-0.39, 0.29) is 0 Å². The number of piperazine rings is 1. The molecule has 2 aromatic rings. The summed E-state index contributed by atoms with van der Waals surface area (Å²) >= 11 is 0. The van der Waals surface area contributed by atoms with Crippen molar-refractivity contribution >= 4 is 6.09 Å². The fraction of sp³-hybridized carbons (Fsp3) is 0.263. The number of carboxylic acid groups (broad SMARTS) is 1. The monoisotopic (exact) mass is 337 g/mol. The molecule has 0 radical (unpaired) electrons. The van der Waals surface area contributed by atoms with Crippen LogP contribution in [0.4, 0.5) is 4.79 Å². The van der Waals surface area contributed by atoms with Crippen LogP contribution in [0.25, 0.3) is 0 Å². The first-order valence-corrected chi connectivity index (χ1v) is 8.11. The van der Waals surface area contributed by atoms with E-state index in [4.69, 9.17) is 15.1 Å². The molecule has 0 bridgehead atoms. The van der Waals surface area contributed by atoms with Crippen molar-refractivity contribution in [2.75, 3.05) is 26.2 Å². The van der Waals surface area contributed by atoms with Crippen molar-refractivity contribution in [3.05, 3.63) is 59.7 Å². The Labute approximate surface area is 146 Å². The number of carbonyl (C=O) groups is 1. The minimum Gasteiger partial charge on any atom is -0.465 e. The van der Waals surface area contributed by atoms with E-state index in [2.05, 4.69) is 11.0 Å². The molecule has 3 rings (SSSR count). The number of rotatable bonds is 4. The summed E-state index contributed by atoms with van der Waals surface area (Å²) in [5.41, 5.74) is 1.72. The van der Waals surface area contributed by atoms with Crippen LogP contribution in [0.5, 0.6) is 11.5 Å². The van der Waals surface area contributed by atoms with Crippen LogP contribution in [0, 0.1) is 11.3 Å². The largest absolute Gasteiger partial charge is 0.465 e. The van der Waals surface area contributed by atoms with E-state index < -0.39 is 6.09 Å². The Morgan fingerprint density at radius 3 is 2.44 bits per heavy atom. The third-order valence-electron chi connectivity index (χ3n) is 4.17. The topological polar surface area (TPSA) is 76.8 Å².